The molecule has 1 aromatic carbocycles. The fourth-order valence-electron chi connectivity index (χ4n) is 2.21. The number of hydrogen-bond donors (Lipinski definition) is 1. The number of rotatable bonds is 3. The molecule has 1 heterocycles. The number of carboxylic acid groups (broad SMARTS) is 1. The highest BCUT2D eigenvalue weighted by molar-refractivity contribution is 5.97. The molecule has 0 bridgehead atoms. The summed E-state index contributed by atoms with van der Waals surface area (Å²) in [5, 5.41) is 19.6. The molecule has 1 fully saturated rings. The number of carbonyl (C=O) groups is 2. The van der Waals surface area contributed by atoms with Crippen LogP contribution in [-0.4, -0.2) is 39.4 Å². The average molecular weight is 282 g/mol. The molecule has 1 aliphatic heterocycles. The Morgan fingerprint density at radius 1 is 1.45 bits per heavy atom. The number of likely N-dealkylation sites (tertiary alicyclic amines) is 1. The van der Waals surface area contributed by atoms with Crippen LogP contribution in [0.1, 0.15) is 23.2 Å². The highest BCUT2D eigenvalue weighted by Gasteiger charge is 2.35. The normalized spacial score (nSPS) is 18.1. The maximum Gasteiger partial charge on any atom is 0.326 e. The molecule has 0 aromatic heterocycles. The van der Waals surface area contributed by atoms with Gasteiger partial charge in [-0.3, -0.25) is 14.9 Å². The topological polar surface area (TPSA) is 101 Å². The Labute approximate surface area is 112 Å². The second-order valence-electron chi connectivity index (χ2n) is 4.42. The second kappa shape index (κ2) is 5.24. The van der Waals surface area contributed by atoms with Crippen molar-refractivity contribution in [1.82, 2.24) is 4.90 Å². The first-order valence-electron chi connectivity index (χ1n) is 5.89. The highest BCUT2D eigenvalue weighted by Crippen LogP contribution is 2.24. The molecular formula is C12H11FN2O5. The van der Waals surface area contributed by atoms with Crippen molar-refractivity contribution >= 4 is 17.6 Å². The minimum Gasteiger partial charge on any atom is -0.480 e. The Morgan fingerprint density at radius 3 is 2.75 bits per heavy atom. The lowest BCUT2D eigenvalue weighted by Gasteiger charge is -2.21. The van der Waals surface area contributed by atoms with E-state index in [2.05, 4.69) is 0 Å². The van der Waals surface area contributed by atoms with E-state index < -0.39 is 39.9 Å². The number of carboxylic acids is 1. The first kappa shape index (κ1) is 13.9. The number of hydrogen-bond acceptors (Lipinski definition) is 4. The zero-order valence-electron chi connectivity index (χ0n) is 10.3. The molecule has 8 heteroatoms. The van der Waals surface area contributed by atoms with Gasteiger partial charge in [0.25, 0.3) is 11.6 Å². The molecule has 1 atom stereocenters. The quantitative estimate of drug-likeness (QED) is 0.667. The molecule has 20 heavy (non-hydrogen) atoms. The number of non-ortho nitro benzene ring substituents is 1. The van der Waals surface area contributed by atoms with Crippen molar-refractivity contribution in [2.45, 2.75) is 18.9 Å². The van der Waals surface area contributed by atoms with Crippen LogP contribution in [0.5, 0.6) is 0 Å². The van der Waals surface area contributed by atoms with Crippen LogP contribution in [0.4, 0.5) is 10.1 Å². The summed E-state index contributed by atoms with van der Waals surface area (Å²) in [4.78, 5) is 34.1. The zero-order valence-corrected chi connectivity index (χ0v) is 10.3. The van der Waals surface area contributed by atoms with Gasteiger partial charge < -0.3 is 10.0 Å². The van der Waals surface area contributed by atoms with Gasteiger partial charge in [0.15, 0.2) is 0 Å². The minimum absolute atomic E-state index is 0.192. The number of halogens is 1. The maximum atomic E-state index is 13.6. The van der Waals surface area contributed by atoms with E-state index in [4.69, 9.17) is 5.11 Å². The van der Waals surface area contributed by atoms with Gasteiger partial charge in [-0.2, -0.15) is 0 Å². The number of nitro groups is 1. The Bertz CT molecular complexity index is 589. The van der Waals surface area contributed by atoms with Gasteiger partial charge in [-0.25, -0.2) is 9.18 Å². The number of benzene rings is 1. The fourth-order valence-corrected chi connectivity index (χ4v) is 2.21. The largest absolute Gasteiger partial charge is 0.480 e. The van der Waals surface area contributed by atoms with Crippen molar-refractivity contribution in [1.29, 1.82) is 0 Å². The van der Waals surface area contributed by atoms with Crippen LogP contribution in [0.25, 0.3) is 0 Å². The summed E-state index contributed by atoms with van der Waals surface area (Å²) in [6.07, 6.45) is 0.789. The first-order valence-corrected chi connectivity index (χ1v) is 5.89. The molecule has 1 aliphatic rings. The second-order valence-corrected chi connectivity index (χ2v) is 4.42. The van der Waals surface area contributed by atoms with Gasteiger partial charge in [0.05, 0.1) is 10.5 Å². The molecule has 1 saturated heterocycles. The van der Waals surface area contributed by atoms with Gasteiger partial charge >= 0.3 is 5.97 Å². The molecule has 0 unspecified atom stereocenters. The predicted octanol–water partition coefficient (Wildman–Crippen LogP) is 1.42. The van der Waals surface area contributed by atoms with Crippen molar-refractivity contribution in [2.75, 3.05) is 6.54 Å². The van der Waals surface area contributed by atoms with Crippen LogP contribution in [0.15, 0.2) is 18.2 Å². The van der Waals surface area contributed by atoms with Crippen LogP contribution in [0, 0.1) is 15.9 Å². The average Bonchev–Trinajstić information content (AvgIpc) is 2.87. The molecule has 2 rings (SSSR count). The van der Waals surface area contributed by atoms with E-state index in [1.165, 1.54) is 0 Å². The molecule has 1 aromatic rings. The molecule has 1 amide bonds. The SMILES string of the molecule is O=C(O)[C@H]1CCCN1C(=O)c1cc([N+](=O)[O-])ccc1F. The van der Waals surface area contributed by atoms with Gasteiger partial charge in [0, 0.05) is 18.7 Å². The van der Waals surface area contributed by atoms with E-state index in [1.807, 2.05) is 0 Å². The molecular weight excluding hydrogens is 271 g/mol. The zero-order chi connectivity index (χ0) is 14.9. The number of nitro benzene ring substituents is 1. The maximum absolute atomic E-state index is 13.6. The van der Waals surface area contributed by atoms with E-state index in [0.717, 1.165) is 23.1 Å². The Morgan fingerprint density at radius 2 is 2.15 bits per heavy atom. The summed E-state index contributed by atoms with van der Waals surface area (Å²) in [7, 11) is 0. The van der Waals surface area contributed by atoms with E-state index in [1.54, 1.807) is 0 Å². The van der Waals surface area contributed by atoms with Gasteiger partial charge in [0.2, 0.25) is 0 Å². The third-order valence-corrected chi connectivity index (χ3v) is 3.19. The van der Waals surface area contributed by atoms with E-state index in [0.29, 0.717) is 6.42 Å². The summed E-state index contributed by atoms with van der Waals surface area (Å²) in [6, 6.07) is 1.60. The molecule has 7 nitrogen and oxygen atoms in total. The molecule has 1 N–H and O–H groups in total. The van der Waals surface area contributed by atoms with Gasteiger partial charge in [0.1, 0.15) is 11.9 Å². The van der Waals surface area contributed by atoms with E-state index in [9.17, 15) is 24.1 Å². The summed E-state index contributed by atoms with van der Waals surface area (Å²) < 4.78 is 13.6. The lowest BCUT2D eigenvalue weighted by Crippen LogP contribution is -2.40. The van der Waals surface area contributed by atoms with Crippen LogP contribution >= 0.6 is 0 Å². The van der Waals surface area contributed by atoms with Gasteiger partial charge in [-0.15, -0.1) is 0 Å². The Balaban J connectivity index is 2.35. The van der Waals surface area contributed by atoms with Crippen molar-refractivity contribution in [2.24, 2.45) is 0 Å². The number of carbonyl (C=O) groups excluding carboxylic acids is 1. The molecule has 0 aliphatic carbocycles. The standard InChI is InChI=1S/C12H11FN2O5/c13-9-4-3-7(15(19)20)6-8(9)11(16)14-5-1-2-10(14)12(17)18/h3-4,6,10H,1-2,5H2,(H,17,18)/t10-/m1/s1. The third-order valence-electron chi connectivity index (χ3n) is 3.19. The van der Waals surface area contributed by atoms with Gasteiger partial charge in [-0.05, 0) is 18.9 Å². The smallest absolute Gasteiger partial charge is 0.326 e. The molecule has 0 spiro atoms. The van der Waals surface area contributed by atoms with Crippen molar-refractivity contribution in [3.8, 4) is 0 Å². The Hall–Kier alpha value is -2.51. The lowest BCUT2D eigenvalue weighted by atomic mass is 10.1. The number of aliphatic carboxylic acids is 1. The fraction of sp³-hybridized carbons (Fsp3) is 0.333. The number of amides is 1. The van der Waals surface area contributed by atoms with Gasteiger partial charge in [-0.1, -0.05) is 0 Å². The van der Waals surface area contributed by atoms with Crippen LogP contribution in [-0.2, 0) is 4.79 Å². The number of nitrogens with zero attached hydrogens (tertiary/aromatic N) is 2. The van der Waals surface area contributed by atoms with Crippen molar-refractivity contribution in [3.63, 3.8) is 0 Å². The van der Waals surface area contributed by atoms with Crippen molar-refractivity contribution in [3.05, 3.63) is 39.7 Å². The first-order chi connectivity index (χ1) is 9.41. The summed E-state index contributed by atoms with van der Waals surface area (Å²) in [5.41, 5.74) is -0.895. The van der Waals surface area contributed by atoms with E-state index >= 15 is 0 Å². The molecule has 106 valence electrons. The molecule has 0 saturated carbocycles. The molecule has 0 radical (unpaired) electrons. The minimum atomic E-state index is -1.17. The van der Waals surface area contributed by atoms with Crippen LogP contribution in [0.3, 0.4) is 0 Å². The lowest BCUT2D eigenvalue weighted by molar-refractivity contribution is -0.384. The van der Waals surface area contributed by atoms with Crippen molar-refractivity contribution < 1.29 is 24.0 Å². The van der Waals surface area contributed by atoms with Crippen LogP contribution in [0.2, 0.25) is 0 Å². The summed E-state index contributed by atoms with van der Waals surface area (Å²) in [6.45, 7) is 0.192. The third kappa shape index (κ3) is 2.44. The van der Waals surface area contributed by atoms with E-state index in [-0.39, 0.29) is 13.0 Å². The van der Waals surface area contributed by atoms with Crippen LogP contribution < -0.4 is 0 Å². The Kier molecular flexibility index (Phi) is 3.64. The highest BCUT2D eigenvalue weighted by atomic mass is 19.1. The monoisotopic (exact) mass is 282 g/mol. The summed E-state index contributed by atoms with van der Waals surface area (Å²) in [5.74, 6) is -2.91. The predicted molar refractivity (Wildman–Crippen MR) is 64.7 cm³/mol. The summed E-state index contributed by atoms with van der Waals surface area (Å²) >= 11 is 0.